The fourth-order valence-electron chi connectivity index (χ4n) is 2.15. The maximum absolute atomic E-state index is 13.4. The Morgan fingerprint density at radius 3 is 2.25 bits per heavy atom. The zero-order valence-corrected chi connectivity index (χ0v) is 12.6. The first-order chi connectivity index (χ1) is 9.18. The van der Waals surface area contributed by atoms with Crippen LogP contribution in [0.3, 0.4) is 0 Å². The predicted octanol–water partition coefficient (Wildman–Crippen LogP) is 2.47. The third-order valence-electron chi connectivity index (χ3n) is 4.12. The van der Waals surface area contributed by atoms with Gasteiger partial charge in [-0.3, -0.25) is 0 Å². The van der Waals surface area contributed by atoms with Crippen molar-refractivity contribution in [2.24, 2.45) is 5.73 Å². The van der Waals surface area contributed by atoms with Gasteiger partial charge in [-0.25, -0.2) is 4.39 Å². The molecule has 110 valence electrons. The molecule has 20 heavy (non-hydrogen) atoms. The highest BCUT2D eigenvalue weighted by atomic mass is 19.1. The lowest BCUT2D eigenvalue weighted by atomic mass is 9.74. The van der Waals surface area contributed by atoms with E-state index in [2.05, 4.69) is 0 Å². The molecule has 0 saturated carbocycles. The molecule has 0 radical (unpaired) electrons. The molecule has 1 aromatic carbocycles. The number of ether oxygens (including phenoxy) is 1. The number of benzene rings is 1. The van der Waals surface area contributed by atoms with Crippen LogP contribution in [0.2, 0.25) is 0 Å². The molecule has 1 aliphatic rings. The molecule has 1 heterocycles. The first-order valence-corrected chi connectivity index (χ1v) is 6.62. The molecule has 1 aromatic rings. The summed E-state index contributed by atoms with van der Waals surface area (Å²) < 4.78 is 30.5. The largest absolute Gasteiger partial charge is 0.496 e. The van der Waals surface area contributed by atoms with Gasteiger partial charge in [-0.1, -0.05) is 0 Å². The highest BCUT2D eigenvalue weighted by Crippen LogP contribution is 2.40. The Morgan fingerprint density at radius 2 is 1.75 bits per heavy atom. The van der Waals surface area contributed by atoms with Crippen molar-refractivity contribution in [2.75, 3.05) is 7.11 Å². The maximum Gasteiger partial charge on any atom is 0.480 e. The Kier molecular flexibility index (Phi) is 3.84. The van der Waals surface area contributed by atoms with Crippen LogP contribution in [0.5, 0.6) is 5.75 Å². The van der Waals surface area contributed by atoms with E-state index in [1.807, 2.05) is 27.7 Å². The summed E-state index contributed by atoms with van der Waals surface area (Å²) in [6, 6.07) is 4.24. The second kappa shape index (κ2) is 5.02. The molecule has 1 unspecified atom stereocenters. The minimum absolute atomic E-state index is 0.368. The Hall–Kier alpha value is -1.11. The van der Waals surface area contributed by atoms with Crippen molar-refractivity contribution in [1.29, 1.82) is 0 Å². The first kappa shape index (κ1) is 15.3. The van der Waals surface area contributed by atoms with Gasteiger partial charge in [-0.15, -0.1) is 0 Å². The molecule has 2 N–H and O–H groups in total. The summed E-state index contributed by atoms with van der Waals surface area (Å²) in [5.41, 5.74) is 5.77. The molecular formula is C14H21BFNO3. The van der Waals surface area contributed by atoms with Gasteiger partial charge in [-0.2, -0.15) is 0 Å². The third kappa shape index (κ3) is 2.55. The van der Waals surface area contributed by atoms with E-state index < -0.39 is 24.3 Å². The summed E-state index contributed by atoms with van der Waals surface area (Å²) in [7, 11) is 0.879. The highest BCUT2D eigenvalue weighted by Gasteiger charge is 2.53. The summed E-state index contributed by atoms with van der Waals surface area (Å²) in [6.45, 7) is 7.79. The van der Waals surface area contributed by atoms with E-state index in [0.717, 1.165) is 0 Å². The summed E-state index contributed by atoms with van der Waals surface area (Å²) in [6.07, 6.45) is 0. The summed E-state index contributed by atoms with van der Waals surface area (Å²) in [5.74, 6) is -0.469. The fraction of sp³-hybridized carbons (Fsp3) is 0.571. The van der Waals surface area contributed by atoms with E-state index >= 15 is 0 Å². The Bertz CT molecular complexity index is 491. The number of halogens is 1. The van der Waals surface area contributed by atoms with Gasteiger partial charge in [0.15, 0.2) is 0 Å². The standard InChI is InChI=1S/C14H21BFNO3/c1-13(2)14(3,4)20-15(19-13)12(17)10-8-9(16)6-7-11(10)18-5/h6-8,12H,17H2,1-5H3. The average molecular weight is 281 g/mol. The molecular weight excluding hydrogens is 260 g/mol. The maximum atomic E-state index is 13.4. The molecule has 0 aromatic heterocycles. The number of nitrogens with two attached hydrogens (primary N) is 1. The molecule has 4 nitrogen and oxygen atoms in total. The van der Waals surface area contributed by atoms with E-state index in [0.29, 0.717) is 11.3 Å². The molecule has 1 aliphatic heterocycles. The molecule has 1 saturated heterocycles. The van der Waals surface area contributed by atoms with Gasteiger partial charge >= 0.3 is 7.12 Å². The van der Waals surface area contributed by atoms with Crippen molar-refractivity contribution in [1.82, 2.24) is 0 Å². The van der Waals surface area contributed by atoms with Crippen LogP contribution in [0.15, 0.2) is 18.2 Å². The SMILES string of the molecule is COc1ccc(F)cc1C(N)B1OC(C)(C)C(C)(C)O1. The van der Waals surface area contributed by atoms with Crippen LogP contribution in [0, 0.1) is 5.82 Å². The van der Waals surface area contributed by atoms with Crippen molar-refractivity contribution in [3.05, 3.63) is 29.6 Å². The molecule has 0 aliphatic carbocycles. The number of methoxy groups -OCH3 is 1. The Balaban J connectivity index is 2.29. The van der Waals surface area contributed by atoms with Gasteiger partial charge in [-0.05, 0) is 45.9 Å². The van der Waals surface area contributed by atoms with Crippen LogP contribution in [-0.2, 0) is 9.31 Å². The number of rotatable bonds is 3. The van der Waals surface area contributed by atoms with Crippen molar-refractivity contribution in [3.8, 4) is 5.75 Å². The normalized spacial score (nSPS) is 21.9. The average Bonchev–Trinajstić information content (AvgIpc) is 2.57. The molecule has 2 rings (SSSR count). The van der Waals surface area contributed by atoms with Crippen LogP contribution >= 0.6 is 0 Å². The lowest BCUT2D eigenvalue weighted by molar-refractivity contribution is 0.00578. The second-order valence-electron chi connectivity index (χ2n) is 6.04. The molecule has 1 fully saturated rings. The van der Waals surface area contributed by atoms with Crippen LogP contribution in [0.4, 0.5) is 4.39 Å². The molecule has 6 heteroatoms. The molecule has 0 amide bonds. The van der Waals surface area contributed by atoms with Crippen LogP contribution in [0.25, 0.3) is 0 Å². The zero-order chi connectivity index (χ0) is 15.1. The first-order valence-electron chi connectivity index (χ1n) is 6.62. The van der Waals surface area contributed by atoms with Gasteiger partial charge in [0, 0.05) is 5.56 Å². The van der Waals surface area contributed by atoms with Gasteiger partial charge in [0.2, 0.25) is 0 Å². The van der Waals surface area contributed by atoms with Crippen molar-refractivity contribution in [2.45, 2.75) is 44.8 Å². The van der Waals surface area contributed by atoms with Crippen LogP contribution < -0.4 is 10.5 Å². The lowest BCUT2D eigenvalue weighted by Gasteiger charge is -2.32. The van der Waals surface area contributed by atoms with Crippen molar-refractivity contribution in [3.63, 3.8) is 0 Å². The predicted molar refractivity (Wildman–Crippen MR) is 76.0 cm³/mol. The van der Waals surface area contributed by atoms with Crippen LogP contribution in [-0.4, -0.2) is 25.4 Å². The highest BCUT2D eigenvalue weighted by molar-refractivity contribution is 6.47. The Labute approximate surface area is 119 Å². The number of hydrogen-bond donors (Lipinski definition) is 1. The summed E-state index contributed by atoms with van der Waals surface area (Å²) >= 11 is 0. The molecule has 0 spiro atoms. The van der Waals surface area contributed by atoms with E-state index in [9.17, 15) is 4.39 Å². The van der Waals surface area contributed by atoms with Gasteiger partial charge < -0.3 is 19.8 Å². The van der Waals surface area contributed by atoms with E-state index in [1.165, 1.54) is 19.2 Å². The summed E-state index contributed by atoms with van der Waals surface area (Å²) in [5, 5.41) is 0. The number of hydrogen-bond acceptors (Lipinski definition) is 4. The van der Waals surface area contributed by atoms with Crippen molar-refractivity contribution < 1.29 is 18.4 Å². The quantitative estimate of drug-likeness (QED) is 0.865. The van der Waals surface area contributed by atoms with E-state index in [-0.39, 0.29) is 5.82 Å². The minimum Gasteiger partial charge on any atom is -0.496 e. The smallest absolute Gasteiger partial charge is 0.480 e. The Morgan fingerprint density at radius 1 is 1.20 bits per heavy atom. The monoisotopic (exact) mass is 281 g/mol. The molecule has 0 bridgehead atoms. The zero-order valence-electron chi connectivity index (χ0n) is 12.6. The van der Waals surface area contributed by atoms with Gasteiger partial charge in [0.05, 0.1) is 24.3 Å². The summed E-state index contributed by atoms with van der Waals surface area (Å²) in [4.78, 5) is 0. The van der Waals surface area contributed by atoms with E-state index in [4.69, 9.17) is 19.8 Å². The van der Waals surface area contributed by atoms with Gasteiger partial charge in [0.25, 0.3) is 0 Å². The lowest BCUT2D eigenvalue weighted by Crippen LogP contribution is -2.41. The minimum atomic E-state index is -0.643. The topological polar surface area (TPSA) is 53.7 Å². The second-order valence-corrected chi connectivity index (χ2v) is 6.04. The third-order valence-corrected chi connectivity index (χ3v) is 4.12. The van der Waals surface area contributed by atoms with Crippen molar-refractivity contribution >= 4 is 7.12 Å². The van der Waals surface area contributed by atoms with E-state index in [1.54, 1.807) is 6.07 Å². The van der Waals surface area contributed by atoms with Gasteiger partial charge in [0.1, 0.15) is 11.6 Å². The molecule has 1 atom stereocenters. The fourth-order valence-corrected chi connectivity index (χ4v) is 2.15. The van der Waals surface area contributed by atoms with Crippen LogP contribution in [0.1, 0.15) is 39.2 Å².